The van der Waals surface area contributed by atoms with E-state index in [1.165, 1.54) is 4.31 Å². The van der Waals surface area contributed by atoms with E-state index in [4.69, 9.17) is 0 Å². The molecule has 3 nitrogen and oxygen atoms in total. The van der Waals surface area contributed by atoms with Crippen molar-refractivity contribution in [1.29, 1.82) is 0 Å². The van der Waals surface area contributed by atoms with Crippen molar-refractivity contribution in [2.24, 2.45) is 0 Å². The van der Waals surface area contributed by atoms with Crippen LogP contribution in [-0.4, -0.2) is 25.8 Å². The summed E-state index contributed by atoms with van der Waals surface area (Å²) in [5, 5.41) is 0. The first-order chi connectivity index (χ1) is 10.1. The van der Waals surface area contributed by atoms with Gasteiger partial charge in [-0.25, -0.2) is 8.42 Å². The second kappa shape index (κ2) is 7.20. The van der Waals surface area contributed by atoms with E-state index < -0.39 is 10.0 Å². The zero-order chi connectivity index (χ0) is 15.3. The van der Waals surface area contributed by atoms with E-state index >= 15 is 0 Å². The normalized spacial score (nSPS) is 11.8. The molecule has 5 heteroatoms. The number of halogens is 1. The summed E-state index contributed by atoms with van der Waals surface area (Å²) in [7, 11) is -3.47. The van der Waals surface area contributed by atoms with Crippen molar-refractivity contribution in [3.05, 3.63) is 64.6 Å². The molecule has 0 spiro atoms. The summed E-state index contributed by atoms with van der Waals surface area (Å²) < 4.78 is 27.5. The molecule has 0 heterocycles. The number of hydrogen-bond acceptors (Lipinski definition) is 2. The highest BCUT2D eigenvalue weighted by Gasteiger charge is 2.24. The molecule has 2 aromatic carbocycles. The Balaban J connectivity index is 2.19. The van der Waals surface area contributed by atoms with Crippen LogP contribution in [-0.2, 0) is 16.4 Å². The number of hydrogen-bond donors (Lipinski definition) is 0. The molecule has 2 rings (SSSR count). The molecule has 0 unspecified atom stereocenters. The van der Waals surface area contributed by atoms with Crippen LogP contribution in [0.5, 0.6) is 0 Å². The Labute approximate surface area is 134 Å². The minimum Gasteiger partial charge on any atom is -0.207 e. The maximum atomic E-state index is 12.7. The summed E-state index contributed by atoms with van der Waals surface area (Å²) in [6, 6.07) is 16.8. The summed E-state index contributed by atoms with van der Waals surface area (Å²) in [6.07, 6.45) is 0.707. The summed E-state index contributed by atoms with van der Waals surface area (Å²) in [6.45, 7) is 2.79. The van der Waals surface area contributed by atoms with Gasteiger partial charge in [0, 0.05) is 17.6 Å². The van der Waals surface area contributed by atoms with Crippen LogP contribution in [0.2, 0.25) is 0 Å². The van der Waals surface area contributed by atoms with Crippen molar-refractivity contribution < 1.29 is 8.42 Å². The Kier molecular flexibility index (Phi) is 5.56. The predicted molar refractivity (Wildman–Crippen MR) is 88.7 cm³/mol. The van der Waals surface area contributed by atoms with Gasteiger partial charge >= 0.3 is 0 Å². The van der Waals surface area contributed by atoms with Gasteiger partial charge < -0.3 is 0 Å². The van der Waals surface area contributed by atoms with Crippen LogP contribution in [0.25, 0.3) is 0 Å². The van der Waals surface area contributed by atoms with Gasteiger partial charge in [-0.05, 0) is 40.0 Å². The van der Waals surface area contributed by atoms with Crippen molar-refractivity contribution in [3.8, 4) is 0 Å². The van der Waals surface area contributed by atoms with E-state index in [0.717, 1.165) is 5.56 Å². The molecule has 0 N–H and O–H groups in total. The number of nitrogens with zero attached hydrogens (tertiary/aromatic N) is 1. The van der Waals surface area contributed by atoms with Crippen molar-refractivity contribution in [2.75, 3.05) is 13.1 Å². The predicted octanol–water partition coefficient (Wildman–Crippen LogP) is 3.70. The maximum Gasteiger partial charge on any atom is 0.244 e. The first-order valence-corrected chi connectivity index (χ1v) is 9.07. The number of likely N-dealkylation sites (N-methyl/N-ethyl adjacent to an activating group) is 1. The summed E-state index contributed by atoms with van der Waals surface area (Å²) >= 11 is 3.32. The Morgan fingerprint density at radius 1 is 1.00 bits per heavy atom. The number of rotatable bonds is 6. The van der Waals surface area contributed by atoms with E-state index in [9.17, 15) is 8.42 Å². The average molecular weight is 368 g/mol. The first-order valence-electron chi connectivity index (χ1n) is 6.84. The molecule has 2 aromatic rings. The molecule has 0 saturated heterocycles. The highest BCUT2D eigenvalue weighted by atomic mass is 79.9. The van der Waals surface area contributed by atoms with Crippen LogP contribution in [0.3, 0.4) is 0 Å². The van der Waals surface area contributed by atoms with Gasteiger partial charge in [0.1, 0.15) is 0 Å². The van der Waals surface area contributed by atoms with Gasteiger partial charge in [-0.15, -0.1) is 0 Å². The van der Waals surface area contributed by atoms with Crippen molar-refractivity contribution in [1.82, 2.24) is 4.31 Å². The Morgan fingerprint density at radius 2 is 1.62 bits per heavy atom. The number of benzene rings is 2. The lowest BCUT2D eigenvalue weighted by Crippen LogP contribution is -2.33. The molecule has 0 amide bonds. The van der Waals surface area contributed by atoms with Crippen LogP contribution in [0, 0.1) is 0 Å². The lowest BCUT2D eigenvalue weighted by molar-refractivity contribution is 0.431. The lowest BCUT2D eigenvalue weighted by atomic mass is 10.1. The SMILES string of the molecule is CCN(CCc1ccccc1)S(=O)(=O)c1ccccc1Br. The highest BCUT2D eigenvalue weighted by Crippen LogP contribution is 2.24. The molecular formula is C16H18BrNO2S. The minimum absolute atomic E-state index is 0.319. The Bertz CT molecular complexity index is 686. The van der Waals surface area contributed by atoms with E-state index in [-0.39, 0.29) is 0 Å². The van der Waals surface area contributed by atoms with Gasteiger partial charge in [0.15, 0.2) is 0 Å². The van der Waals surface area contributed by atoms with Crippen LogP contribution in [0.4, 0.5) is 0 Å². The van der Waals surface area contributed by atoms with Crippen LogP contribution < -0.4 is 0 Å². The zero-order valence-corrected chi connectivity index (χ0v) is 14.3. The fourth-order valence-electron chi connectivity index (χ4n) is 2.14. The molecule has 0 bridgehead atoms. The Hall–Kier alpha value is -1.17. The molecule has 0 atom stereocenters. The van der Waals surface area contributed by atoms with Gasteiger partial charge in [0.05, 0.1) is 4.90 Å². The zero-order valence-electron chi connectivity index (χ0n) is 11.9. The molecule has 0 saturated carbocycles. The molecule has 21 heavy (non-hydrogen) atoms. The molecular weight excluding hydrogens is 350 g/mol. The van der Waals surface area contributed by atoms with Gasteiger partial charge in [0.2, 0.25) is 10.0 Å². The molecule has 0 fully saturated rings. The fourth-order valence-corrected chi connectivity index (χ4v) is 4.55. The van der Waals surface area contributed by atoms with E-state index in [2.05, 4.69) is 15.9 Å². The highest BCUT2D eigenvalue weighted by molar-refractivity contribution is 9.10. The van der Waals surface area contributed by atoms with Gasteiger partial charge in [-0.2, -0.15) is 4.31 Å². The van der Waals surface area contributed by atoms with Gasteiger partial charge in [0.25, 0.3) is 0 Å². The smallest absolute Gasteiger partial charge is 0.207 e. The van der Waals surface area contributed by atoms with Crippen molar-refractivity contribution >= 4 is 26.0 Å². The monoisotopic (exact) mass is 367 g/mol. The van der Waals surface area contributed by atoms with E-state index in [0.29, 0.717) is 28.9 Å². The van der Waals surface area contributed by atoms with Crippen LogP contribution in [0.1, 0.15) is 12.5 Å². The molecule has 0 aromatic heterocycles. The fraction of sp³-hybridized carbons (Fsp3) is 0.250. The maximum absolute atomic E-state index is 12.7. The molecule has 0 aliphatic carbocycles. The van der Waals surface area contributed by atoms with Crippen LogP contribution in [0.15, 0.2) is 64.0 Å². The topological polar surface area (TPSA) is 37.4 Å². The van der Waals surface area contributed by atoms with E-state index in [1.54, 1.807) is 18.2 Å². The summed E-state index contributed by atoms with van der Waals surface area (Å²) in [5.41, 5.74) is 1.14. The van der Waals surface area contributed by atoms with Crippen LogP contribution >= 0.6 is 15.9 Å². The second-order valence-electron chi connectivity index (χ2n) is 4.66. The standard InChI is InChI=1S/C16H18BrNO2S/c1-2-18(13-12-14-8-4-3-5-9-14)21(19,20)16-11-7-6-10-15(16)17/h3-11H,2,12-13H2,1H3. The second-order valence-corrected chi connectivity index (χ2v) is 7.42. The Morgan fingerprint density at radius 3 is 2.24 bits per heavy atom. The molecule has 0 radical (unpaired) electrons. The largest absolute Gasteiger partial charge is 0.244 e. The molecule has 0 aliphatic heterocycles. The molecule has 112 valence electrons. The van der Waals surface area contributed by atoms with Gasteiger partial charge in [-0.1, -0.05) is 49.4 Å². The third kappa shape index (κ3) is 3.93. The van der Waals surface area contributed by atoms with E-state index in [1.807, 2.05) is 43.3 Å². The van der Waals surface area contributed by atoms with Gasteiger partial charge in [-0.3, -0.25) is 0 Å². The third-order valence-electron chi connectivity index (χ3n) is 3.30. The summed E-state index contributed by atoms with van der Waals surface area (Å²) in [4.78, 5) is 0.319. The summed E-state index contributed by atoms with van der Waals surface area (Å²) in [5.74, 6) is 0. The molecule has 0 aliphatic rings. The first kappa shape index (κ1) is 16.2. The number of sulfonamides is 1. The third-order valence-corrected chi connectivity index (χ3v) is 6.29. The minimum atomic E-state index is -3.47. The quantitative estimate of drug-likeness (QED) is 0.780. The van der Waals surface area contributed by atoms with Crippen molar-refractivity contribution in [2.45, 2.75) is 18.2 Å². The lowest BCUT2D eigenvalue weighted by Gasteiger charge is -2.21. The average Bonchev–Trinajstić information content (AvgIpc) is 2.49. The van der Waals surface area contributed by atoms with Crippen molar-refractivity contribution in [3.63, 3.8) is 0 Å².